The SMILES string of the molecule is Cc1c(CCC(=O)NC(Cc2c[nH]c3ccc(O)cc23)C(=O)O)c(=O)oc2c(C)c3occ(C(C)(C)C)c3cc12. The fraction of sp³-hybridized carbons (Fsp3) is 0.323. The summed E-state index contributed by atoms with van der Waals surface area (Å²) in [5, 5.41) is 24.6. The number of aromatic hydroxyl groups is 1. The molecule has 2 aromatic carbocycles. The van der Waals surface area contributed by atoms with Crippen molar-refractivity contribution < 1.29 is 28.6 Å². The van der Waals surface area contributed by atoms with E-state index in [1.807, 2.05) is 19.9 Å². The molecule has 3 heterocycles. The highest BCUT2D eigenvalue weighted by Crippen LogP contribution is 2.37. The second-order valence-corrected chi connectivity index (χ2v) is 11.4. The summed E-state index contributed by atoms with van der Waals surface area (Å²) in [6, 6.07) is 5.57. The van der Waals surface area contributed by atoms with Gasteiger partial charge in [0, 0.05) is 57.4 Å². The van der Waals surface area contributed by atoms with Gasteiger partial charge in [-0.1, -0.05) is 20.8 Å². The van der Waals surface area contributed by atoms with Crippen molar-refractivity contribution in [2.24, 2.45) is 0 Å². The maximum atomic E-state index is 13.0. The molecule has 0 saturated heterocycles. The number of carbonyl (C=O) groups excluding carboxylic acids is 1. The first-order valence-corrected chi connectivity index (χ1v) is 13.1. The van der Waals surface area contributed by atoms with E-state index in [9.17, 15) is 24.6 Å². The second-order valence-electron chi connectivity index (χ2n) is 11.4. The van der Waals surface area contributed by atoms with Crippen LogP contribution in [0.1, 0.15) is 55.0 Å². The minimum absolute atomic E-state index is 0.0255. The normalized spacial score (nSPS) is 12.8. The van der Waals surface area contributed by atoms with Crippen molar-refractivity contribution in [1.29, 1.82) is 0 Å². The largest absolute Gasteiger partial charge is 0.508 e. The van der Waals surface area contributed by atoms with Gasteiger partial charge in [-0.15, -0.1) is 0 Å². The lowest BCUT2D eigenvalue weighted by molar-refractivity contribution is -0.141. The fourth-order valence-electron chi connectivity index (χ4n) is 5.33. The number of aromatic nitrogens is 1. The third-order valence-corrected chi connectivity index (χ3v) is 7.56. The van der Waals surface area contributed by atoms with E-state index in [0.717, 1.165) is 33.0 Å². The van der Waals surface area contributed by atoms with Crippen molar-refractivity contribution >= 4 is 44.7 Å². The molecule has 0 radical (unpaired) electrons. The summed E-state index contributed by atoms with van der Waals surface area (Å²) in [6.45, 7) is 10.0. The van der Waals surface area contributed by atoms with E-state index in [0.29, 0.717) is 27.7 Å². The maximum Gasteiger partial charge on any atom is 0.339 e. The molecule has 0 aliphatic heterocycles. The molecule has 3 aromatic heterocycles. The van der Waals surface area contributed by atoms with Gasteiger partial charge in [-0.25, -0.2) is 9.59 Å². The smallest absolute Gasteiger partial charge is 0.339 e. The molecule has 40 heavy (non-hydrogen) atoms. The summed E-state index contributed by atoms with van der Waals surface area (Å²) >= 11 is 0. The molecule has 0 aliphatic carbocycles. The average Bonchev–Trinajstić information content (AvgIpc) is 3.48. The number of H-pyrrole nitrogens is 1. The molecule has 1 unspecified atom stereocenters. The van der Waals surface area contributed by atoms with Crippen LogP contribution in [0.15, 0.2) is 50.4 Å². The lowest BCUT2D eigenvalue weighted by atomic mass is 9.86. The Hall–Kier alpha value is -4.53. The van der Waals surface area contributed by atoms with Crippen molar-refractivity contribution in [1.82, 2.24) is 10.3 Å². The molecule has 9 nitrogen and oxygen atoms in total. The number of phenols is 1. The first kappa shape index (κ1) is 27.1. The Kier molecular flexibility index (Phi) is 6.69. The van der Waals surface area contributed by atoms with Crippen LogP contribution < -0.4 is 10.9 Å². The summed E-state index contributed by atoms with van der Waals surface area (Å²) < 4.78 is 11.6. The zero-order valence-electron chi connectivity index (χ0n) is 23.1. The summed E-state index contributed by atoms with van der Waals surface area (Å²) in [7, 11) is 0. The van der Waals surface area contributed by atoms with Crippen molar-refractivity contribution in [3.63, 3.8) is 0 Å². The molecule has 0 saturated carbocycles. The van der Waals surface area contributed by atoms with Crippen molar-refractivity contribution in [3.05, 3.63) is 75.0 Å². The van der Waals surface area contributed by atoms with Gasteiger partial charge in [0.25, 0.3) is 0 Å². The Morgan fingerprint density at radius 2 is 1.80 bits per heavy atom. The third kappa shape index (κ3) is 4.83. The van der Waals surface area contributed by atoms with Gasteiger partial charge in [0.15, 0.2) is 0 Å². The van der Waals surface area contributed by atoms with Gasteiger partial charge >= 0.3 is 11.6 Å². The molecule has 0 aliphatic rings. The van der Waals surface area contributed by atoms with E-state index >= 15 is 0 Å². The van der Waals surface area contributed by atoms with Crippen LogP contribution in [0.2, 0.25) is 0 Å². The van der Waals surface area contributed by atoms with Gasteiger partial charge in [0.2, 0.25) is 5.91 Å². The van der Waals surface area contributed by atoms with Crippen molar-refractivity contribution in [3.8, 4) is 5.75 Å². The van der Waals surface area contributed by atoms with Gasteiger partial charge in [-0.3, -0.25) is 4.79 Å². The molecular formula is C31H32N2O7. The molecule has 4 N–H and O–H groups in total. The number of carboxylic acid groups (broad SMARTS) is 1. The fourth-order valence-corrected chi connectivity index (χ4v) is 5.33. The Labute approximate surface area is 229 Å². The molecule has 5 rings (SSSR count). The predicted octanol–water partition coefficient (Wildman–Crippen LogP) is 5.39. The molecule has 0 bridgehead atoms. The third-order valence-electron chi connectivity index (χ3n) is 7.56. The Morgan fingerprint density at radius 3 is 2.50 bits per heavy atom. The topological polar surface area (TPSA) is 146 Å². The van der Waals surface area contributed by atoms with Crippen LogP contribution >= 0.6 is 0 Å². The van der Waals surface area contributed by atoms with Gasteiger partial charge < -0.3 is 29.3 Å². The Balaban J connectivity index is 1.38. The number of furan rings is 1. The number of carboxylic acids is 1. The molecule has 5 aromatic rings. The van der Waals surface area contributed by atoms with Crippen LogP contribution in [-0.4, -0.2) is 33.1 Å². The van der Waals surface area contributed by atoms with Crippen LogP contribution in [0.25, 0.3) is 32.8 Å². The zero-order chi connectivity index (χ0) is 28.9. The summed E-state index contributed by atoms with van der Waals surface area (Å²) in [5.41, 5.74) is 4.73. The number of aromatic amines is 1. The van der Waals surface area contributed by atoms with Gasteiger partial charge in [0.05, 0.1) is 6.26 Å². The molecule has 0 spiro atoms. The maximum absolute atomic E-state index is 13.0. The van der Waals surface area contributed by atoms with Crippen LogP contribution in [0.3, 0.4) is 0 Å². The summed E-state index contributed by atoms with van der Waals surface area (Å²) in [4.78, 5) is 40.8. The van der Waals surface area contributed by atoms with Crippen LogP contribution in [0, 0.1) is 13.8 Å². The first-order valence-electron chi connectivity index (χ1n) is 13.1. The number of fused-ring (bicyclic) bond motifs is 3. The number of amides is 1. The number of hydrogen-bond acceptors (Lipinski definition) is 6. The Bertz CT molecular complexity index is 1850. The second kappa shape index (κ2) is 9.89. The molecule has 0 fully saturated rings. The van der Waals surface area contributed by atoms with Gasteiger partial charge in [-0.05, 0) is 61.1 Å². The predicted molar refractivity (Wildman–Crippen MR) is 152 cm³/mol. The van der Waals surface area contributed by atoms with E-state index in [2.05, 4.69) is 31.1 Å². The highest BCUT2D eigenvalue weighted by atomic mass is 16.4. The molecule has 1 atom stereocenters. The molecule has 208 valence electrons. The monoisotopic (exact) mass is 544 g/mol. The number of rotatable bonds is 7. The average molecular weight is 545 g/mol. The highest BCUT2D eigenvalue weighted by Gasteiger charge is 2.25. The minimum Gasteiger partial charge on any atom is -0.508 e. The lowest BCUT2D eigenvalue weighted by Crippen LogP contribution is -2.42. The van der Waals surface area contributed by atoms with E-state index < -0.39 is 23.5 Å². The molecule has 9 heteroatoms. The van der Waals surface area contributed by atoms with E-state index in [4.69, 9.17) is 8.83 Å². The number of aryl methyl sites for hydroxylation is 2. The summed E-state index contributed by atoms with van der Waals surface area (Å²) in [6.07, 6.45) is 3.44. The number of benzene rings is 2. The molecular weight excluding hydrogens is 512 g/mol. The molecule has 1 amide bonds. The van der Waals surface area contributed by atoms with Gasteiger partial charge in [0.1, 0.15) is 23.0 Å². The van der Waals surface area contributed by atoms with E-state index in [1.165, 1.54) is 6.07 Å². The number of phenolic OH excluding ortho intramolecular Hbond substituents is 1. The highest BCUT2D eigenvalue weighted by molar-refractivity contribution is 6.00. The van der Waals surface area contributed by atoms with Gasteiger partial charge in [-0.2, -0.15) is 0 Å². The lowest BCUT2D eigenvalue weighted by Gasteiger charge is -2.17. The number of carbonyl (C=O) groups is 2. The van der Waals surface area contributed by atoms with E-state index in [-0.39, 0.29) is 30.4 Å². The number of aliphatic carboxylic acids is 1. The number of nitrogens with one attached hydrogen (secondary N) is 2. The van der Waals surface area contributed by atoms with Crippen LogP contribution in [0.5, 0.6) is 5.75 Å². The van der Waals surface area contributed by atoms with Crippen LogP contribution in [-0.2, 0) is 27.8 Å². The quantitative estimate of drug-likeness (QED) is 0.201. The van der Waals surface area contributed by atoms with Crippen molar-refractivity contribution in [2.45, 2.75) is 65.3 Å². The Morgan fingerprint density at radius 1 is 1.05 bits per heavy atom. The minimum atomic E-state index is -1.18. The van der Waals surface area contributed by atoms with Crippen LogP contribution in [0.4, 0.5) is 0 Å². The number of hydrogen-bond donors (Lipinski definition) is 4. The van der Waals surface area contributed by atoms with Crippen molar-refractivity contribution in [2.75, 3.05) is 0 Å². The van der Waals surface area contributed by atoms with E-state index in [1.54, 1.807) is 24.6 Å². The first-order chi connectivity index (χ1) is 18.8. The zero-order valence-corrected chi connectivity index (χ0v) is 23.1. The standard InChI is InChI=1S/C31H32N2O7/c1-15-19(30(38)40-28-16(2)27-22(12-20(15)28)23(14-39-27)31(3,4)5)7-9-26(35)33-25(29(36)37)10-17-13-32-24-8-6-18(34)11-21(17)24/h6,8,11-14,25,32,34H,7,9-10H2,1-5H3,(H,33,35)(H,36,37). The summed E-state index contributed by atoms with van der Waals surface area (Å²) in [5.74, 6) is -1.61.